The molecule has 7 heteroatoms. The molecule has 0 saturated carbocycles. The predicted molar refractivity (Wildman–Crippen MR) is 66.9 cm³/mol. The highest BCUT2D eigenvalue weighted by molar-refractivity contribution is 5.92. The molecule has 3 N–H and O–H groups in total. The molecule has 0 saturated heterocycles. The maximum Gasteiger partial charge on any atom is 0.386 e. The summed E-state index contributed by atoms with van der Waals surface area (Å²) in [7, 11) is 0. The zero-order chi connectivity index (χ0) is 15.3. The first-order valence-electron chi connectivity index (χ1n) is 5.34. The van der Waals surface area contributed by atoms with Crippen LogP contribution in [0.5, 0.6) is 17.2 Å². The van der Waals surface area contributed by atoms with Crippen LogP contribution in [-0.2, 0) is 14.6 Å². The molecule has 106 valence electrons. The average molecular weight is 280 g/mol. The summed E-state index contributed by atoms with van der Waals surface area (Å²) in [5.41, 5.74) is -0.153. The quantitative estimate of drug-likeness (QED) is 0.253. The Morgan fingerprint density at radius 1 is 1.15 bits per heavy atom. The second-order valence-electron chi connectivity index (χ2n) is 3.69. The van der Waals surface area contributed by atoms with Gasteiger partial charge < -0.3 is 15.3 Å². The summed E-state index contributed by atoms with van der Waals surface area (Å²) in [5.74, 6) is -4.24. The van der Waals surface area contributed by atoms with Gasteiger partial charge in [-0.3, -0.25) is 0 Å². The number of rotatable bonds is 3. The molecule has 0 aromatic heterocycles. The number of aromatic hydroxyl groups is 3. The van der Waals surface area contributed by atoms with Gasteiger partial charge in [-0.2, -0.15) is 0 Å². The van der Waals surface area contributed by atoms with Crippen molar-refractivity contribution in [2.24, 2.45) is 0 Å². The van der Waals surface area contributed by atoms with Gasteiger partial charge in [-0.1, -0.05) is 18.7 Å². The lowest BCUT2D eigenvalue weighted by molar-refractivity contribution is -0.229. The summed E-state index contributed by atoms with van der Waals surface area (Å²) < 4.78 is 0. The molecule has 0 spiro atoms. The summed E-state index contributed by atoms with van der Waals surface area (Å²) in [5, 5.41) is 27.5. The molecule has 0 aliphatic rings. The van der Waals surface area contributed by atoms with E-state index in [-0.39, 0.29) is 11.1 Å². The molecule has 0 aliphatic heterocycles. The zero-order valence-electron chi connectivity index (χ0n) is 10.5. The van der Waals surface area contributed by atoms with Gasteiger partial charge in [0, 0.05) is 5.57 Å². The molecule has 0 fully saturated rings. The maximum absolute atomic E-state index is 11.5. The van der Waals surface area contributed by atoms with Crippen LogP contribution in [0.1, 0.15) is 17.3 Å². The van der Waals surface area contributed by atoms with Crippen molar-refractivity contribution in [1.82, 2.24) is 0 Å². The van der Waals surface area contributed by atoms with Gasteiger partial charge in [0.15, 0.2) is 17.2 Å². The first-order valence-corrected chi connectivity index (χ1v) is 5.34. The number of carbonyl (C=O) groups is 2. The Morgan fingerprint density at radius 2 is 1.70 bits per heavy atom. The molecular formula is C13H12O7. The predicted octanol–water partition coefficient (Wildman–Crippen LogP) is 1.55. The van der Waals surface area contributed by atoms with Crippen molar-refractivity contribution in [2.45, 2.75) is 6.92 Å². The van der Waals surface area contributed by atoms with Crippen molar-refractivity contribution in [2.75, 3.05) is 0 Å². The van der Waals surface area contributed by atoms with Crippen molar-refractivity contribution in [3.05, 3.63) is 42.0 Å². The molecule has 20 heavy (non-hydrogen) atoms. The van der Waals surface area contributed by atoms with E-state index in [2.05, 4.69) is 16.4 Å². The van der Waals surface area contributed by atoms with Crippen molar-refractivity contribution in [3.63, 3.8) is 0 Å². The lowest BCUT2D eigenvalue weighted by Gasteiger charge is -2.05. The van der Waals surface area contributed by atoms with Crippen LogP contribution in [0.25, 0.3) is 0 Å². The minimum absolute atomic E-state index is 0.157. The van der Waals surface area contributed by atoms with Crippen LogP contribution in [0, 0.1) is 0 Å². The molecule has 0 atom stereocenters. The molecule has 0 amide bonds. The Kier molecular flexibility index (Phi) is 4.74. The summed E-state index contributed by atoms with van der Waals surface area (Å²) >= 11 is 0. The second kappa shape index (κ2) is 6.28. The number of benzene rings is 1. The Hall–Kier alpha value is -2.96. The van der Waals surface area contributed by atoms with Crippen LogP contribution < -0.4 is 0 Å². The normalized spacial score (nSPS) is 10.8. The summed E-state index contributed by atoms with van der Waals surface area (Å²) in [4.78, 5) is 31.3. The minimum atomic E-state index is -1.13. The second-order valence-corrected chi connectivity index (χ2v) is 3.69. The van der Waals surface area contributed by atoms with Crippen LogP contribution in [0.2, 0.25) is 0 Å². The summed E-state index contributed by atoms with van der Waals surface area (Å²) in [6.07, 6.45) is 2.71. The third-order valence-corrected chi connectivity index (χ3v) is 2.19. The van der Waals surface area contributed by atoms with E-state index in [0.717, 1.165) is 12.1 Å². The maximum atomic E-state index is 11.5. The number of allylic oxidation sites excluding steroid dienone is 2. The van der Waals surface area contributed by atoms with Crippen molar-refractivity contribution < 1.29 is 34.7 Å². The van der Waals surface area contributed by atoms with E-state index in [9.17, 15) is 19.8 Å². The molecule has 0 unspecified atom stereocenters. The molecule has 0 bridgehead atoms. The average Bonchev–Trinajstić information content (AvgIpc) is 2.41. The number of carbonyl (C=O) groups excluding carboxylic acids is 2. The molecule has 0 heterocycles. The first kappa shape index (κ1) is 15.1. The van der Waals surface area contributed by atoms with Crippen molar-refractivity contribution >= 4 is 11.9 Å². The van der Waals surface area contributed by atoms with Crippen LogP contribution in [-0.4, -0.2) is 27.3 Å². The molecule has 1 aromatic rings. The first-order chi connectivity index (χ1) is 9.36. The van der Waals surface area contributed by atoms with Gasteiger partial charge in [-0.05, 0) is 19.1 Å². The number of hydrogen-bond donors (Lipinski definition) is 3. The lowest BCUT2D eigenvalue weighted by atomic mass is 10.2. The topological polar surface area (TPSA) is 113 Å². The number of hydrogen-bond acceptors (Lipinski definition) is 7. The largest absolute Gasteiger partial charge is 0.504 e. The molecule has 1 rings (SSSR count). The fraction of sp³-hybridized carbons (Fsp3) is 0.0769. The standard InChI is InChI=1S/C13H12O7/c1-3-4-7(2)12(17)19-20-13(18)8-5-9(14)11(16)10(15)6-8/h3-6,14-16H,1H2,2H3/b7-4+. The fourth-order valence-electron chi connectivity index (χ4n) is 1.16. The lowest BCUT2D eigenvalue weighted by Crippen LogP contribution is -2.12. The van der Waals surface area contributed by atoms with Crippen LogP contribution in [0.15, 0.2) is 36.4 Å². The Balaban J connectivity index is 2.76. The minimum Gasteiger partial charge on any atom is -0.504 e. The Morgan fingerprint density at radius 3 is 2.20 bits per heavy atom. The van der Waals surface area contributed by atoms with E-state index in [0.29, 0.717) is 0 Å². The number of phenols is 3. The van der Waals surface area contributed by atoms with Crippen LogP contribution >= 0.6 is 0 Å². The van der Waals surface area contributed by atoms with Crippen LogP contribution in [0.4, 0.5) is 0 Å². The Bertz CT molecular complexity index is 563. The van der Waals surface area contributed by atoms with E-state index in [1.165, 1.54) is 19.1 Å². The van der Waals surface area contributed by atoms with Gasteiger partial charge in [0.25, 0.3) is 0 Å². The molecule has 0 radical (unpaired) electrons. The Labute approximate surface area is 113 Å². The monoisotopic (exact) mass is 280 g/mol. The van der Waals surface area contributed by atoms with E-state index in [1.54, 1.807) is 0 Å². The smallest absolute Gasteiger partial charge is 0.386 e. The van der Waals surface area contributed by atoms with Crippen LogP contribution in [0.3, 0.4) is 0 Å². The van der Waals surface area contributed by atoms with Gasteiger partial charge in [-0.15, -0.1) is 0 Å². The van der Waals surface area contributed by atoms with Gasteiger partial charge in [0.2, 0.25) is 0 Å². The molecule has 0 aliphatic carbocycles. The highest BCUT2D eigenvalue weighted by Gasteiger charge is 2.17. The van der Waals surface area contributed by atoms with E-state index >= 15 is 0 Å². The molecule has 7 nitrogen and oxygen atoms in total. The van der Waals surface area contributed by atoms with E-state index < -0.39 is 29.2 Å². The highest BCUT2D eigenvalue weighted by Crippen LogP contribution is 2.35. The fourth-order valence-corrected chi connectivity index (χ4v) is 1.16. The van der Waals surface area contributed by atoms with Crippen molar-refractivity contribution in [3.8, 4) is 17.2 Å². The summed E-state index contributed by atoms with van der Waals surface area (Å²) in [6, 6.07) is 1.69. The van der Waals surface area contributed by atoms with Gasteiger partial charge in [0.05, 0.1) is 5.56 Å². The van der Waals surface area contributed by atoms with Gasteiger partial charge >= 0.3 is 11.9 Å². The van der Waals surface area contributed by atoms with Gasteiger partial charge in [0.1, 0.15) is 0 Å². The van der Waals surface area contributed by atoms with Gasteiger partial charge in [-0.25, -0.2) is 19.4 Å². The highest BCUT2D eigenvalue weighted by atomic mass is 17.2. The molecular weight excluding hydrogens is 268 g/mol. The van der Waals surface area contributed by atoms with E-state index in [1.807, 2.05) is 0 Å². The molecule has 1 aromatic carbocycles. The summed E-state index contributed by atoms with van der Waals surface area (Å²) in [6.45, 7) is 4.81. The van der Waals surface area contributed by atoms with Crippen molar-refractivity contribution in [1.29, 1.82) is 0 Å². The van der Waals surface area contributed by atoms with E-state index in [4.69, 9.17) is 5.11 Å². The third kappa shape index (κ3) is 3.52. The zero-order valence-corrected chi connectivity index (χ0v) is 10.5. The SMILES string of the molecule is C=C/C=C(\C)C(=O)OOC(=O)c1cc(O)c(O)c(O)c1. The number of phenolic OH excluding ortho intramolecular Hbond substituents is 3. The third-order valence-electron chi connectivity index (χ3n) is 2.19.